The minimum atomic E-state index is -4.18. The van der Waals surface area contributed by atoms with Gasteiger partial charge in [0.15, 0.2) is 0 Å². The van der Waals surface area contributed by atoms with Crippen LogP contribution in [0.15, 0.2) is 71.6 Å². The van der Waals surface area contributed by atoms with E-state index in [9.17, 15) is 18.0 Å². The molecule has 0 aromatic heterocycles. The first-order valence-electron chi connectivity index (χ1n) is 13.2. The quantitative estimate of drug-likeness (QED) is 0.243. The Labute approximate surface area is 252 Å². The molecule has 2 amide bonds. The van der Waals surface area contributed by atoms with Crippen LogP contribution in [0.1, 0.15) is 37.8 Å². The van der Waals surface area contributed by atoms with Crippen LogP contribution in [-0.2, 0) is 26.2 Å². The van der Waals surface area contributed by atoms with Gasteiger partial charge < -0.3 is 15.0 Å². The molecule has 0 heterocycles. The van der Waals surface area contributed by atoms with Gasteiger partial charge in [-0.3, -0.25) is 13.9 Å². The van der Waals surface area contributed by atoms with Crippen molar-refractivity contribution in [3.8, 4) is 5.75 Å². The van der Waals surface area contributed by atoms with E-state index in [1.54, 1.807) is 61.5 Å². The topological polar surface area (TPSA) is 96.0 Å². The third-order valence-corrected chi connectivity index (χ3v) is 8.98. The lowest BCUT2D eigenvalue weighted by Crippen LogP contribution is -2.51. The van der Waals surface area contributed by atoms with Crippen molar-refractivity contribution in [2.24, 2.45) is 0 Å². The lowest BCUT2D eigenvalue weighted by molar-refractivity contribution is -0.139. The fourth-order valence-electron chi connectivity index (χ4n) is 4.07. The highest BCUT2D eigenvalue weighted by Gasteiger charge is 2.32. The first-order chi connectivity index (χ1) is 19.5. The number of carbonyl (C=O) groups is 2. The number of ether oxygens (including phenoxy) is 1. The Morgan fingerprint density at radius 3 is 2.24 bits per heavy atom. The number of benzene rings is 3. The standard InChI is InChI=1S/C30H35Cl2N3O5S/c1-5-6-17-33-30(37)22(3)34(19-23-9-10-24(31)18-28(23)32)29(36)20-35(25-11-7-21(2)8-12-25)41(38,39)27-15-13-26(40-4)14-16-27/h7-16,18,22H,5-6,17,19-20H2,1-4H3,(H,33,37)/t22-/m1/s1. The van der Waals surface area contributed by atoms with Gasteiger partial charge in [-0.15, -0.1) is 0 Å². The van der Waals surface area contributed by atoms with Crippen molar-refractivity contribution in [3.05, 3.63) is 87.9 Å². The molecule has 1 atom stereocenters. The molecule has 0 aliphatic rings. The molecule has 0 bridgehead atoms. The number of nitrogens with zero attached hydrogens (tertiary/aromatic N) is 2. The zero-order chi connectivity index (χ0) is 30.2. The summed E-state index contributed by atoms with van der Waals surface area (Å²) in [5.74, 6) is -0.431. The number of anilines is 1. The van der Waals surface area contributed by atoms with E-state index in [1.807, 2.05) is 13.8 Å². The molecular weight excluding hydrogens is 585 g/mol. The minimum absolute atomic E-state index is 0.00988. The summed E-state index contributed by atoms with van der Waals surface area (Å²) in [6.07, 6.45) is 1.68. The van der Waals surface area contributed by atoms with Crippen LogP contribution in [0.2, 0.25) is 10.0 Å². The summed E-state index contributed by atoms with van der Waals surface area (Å²) >= 11 is 12.5. The van der Waals surface area contributed by atoms with Gasteiger partial charge in [-0.25, -0.2) is 8.42 Å². The summed E-state index contributed by atoms with van der Waals surface area (Å²) in [6.45, 7) is 5.39. The monoisotopic (exact) mass is 619 g/mol. The summed E-state index contributed by atoms with van der Waals surface area (Å²) in [4.78, 5) is 28.4. The molecule has 3 rings (SSSR count). The third-order valence-electron chi connectivity index (χ3n) is 6.60. The van der Waals surface area contributed by atoms with Crippen molar-refractivity contribution in [1.29, 1.82) is 0 Å². The number of amides is 2. The summed E-state index contributed by atoms with van der Waals surface area (Å²) in [5.41, 5.74) is 1.81. The predicted molar refractivity (Wildman–Crippen MR) is 163 cm³/mol. The van der Waals surface area contributed by atoms with Crippen LogP contribution >= 0.6 is 23.2 Å². The van der Waals surface area contributed by atoms with Gasteiger partial charge in [-0.1, -0.05) is 60.3 Å². The van der Waals surface area contributed by atoms with Crippen LogP contribution in [0, 0.1) is 6.92 Å². The molecular formula is C30H35Cl2N3O5S. The minimum Gasteiger partial charge on any atom is -0.497 e. The van der Waals surface area contributed by atoms with Crippen molar-refractivity contribution in [3.63, 3.8) is 0 Å². The van der Waals surface area contributed by atoms with Crippen LogP contribution in [-0.4, -0.2) is 51.4 Å². The number of hydrogen-bond donors (Lipinski definition) is 1. The highest BCUT2D eigenvalue weighted by molar-refractivity contribution is 7.92. The van der Waals surface area contributed by atoms with E-state index in [4.69, 9.17) is 27.9 Å². The Kier molecular flexibility index (Phi) is 11.5. The summed E-state index contributed by atoms with van der Waals surface area (Å²) < 4.78 is 34.0. The molecule has 8 nitrogen and oxygen atoms in total. The first-order valence-corrected chi connectivity index (χ1v) is 15.4. The Bertz CT molecular complexity index is 1450. The van der Waals surface area contributed by atoms with Crippen LogP contribution in [0.25, 0.3) is 0 Å². The average Bonchev–Trinajstić information content (AvgIpc) is 2.95. The predicted octanol–water partition coefficient (Wildman–Crippen LogP) is 5.84. The number of hydrogen-bond acceptors (Lipinski definition) is 5. The van der Waals surface area contributed by atoms with Gasteiger partial charge in [-0.05, 0) is 74.4 Å². The highest BCUT2D eigenvalue weighted by Crippen LogP contribution is 2.27. The van der Waals surface area contributed by atoms with E-state index in [-0.39, 0.29) is 17.3 Å². The molecule has 41 heavy (non-hydrogen) atoms. The Balaban J connectivity index is 2.02. The fraction of sp³-hybridized carbons (Fsp3) is 0.333. The zero-order valence-electron chi connectivity index (χ0n) is 23.6. The molecule has 0 unspecified atom stereocenters. The van der Waals surface area contributed by atoms with E-state index in [0.29, 0.717) is 33.6 Å². The van der Waals surface area contributed by atoms with E-state index in [0.717, 1.165) is 22.7 Å². The molecule has 0 aliphatic heterocycles. The summed E-state index contributed by atoms with van der Waals surface area (Å²) in [7, 11) is -2.70. The number of carbonyl (C=O) groups excluding carboxylic acids is 2. The Morgan fingerprint density at radius 1 is 1.00 bits per heavy atom. The summed E-state index contributed by atoms with van der Waals surface area (Å²) in [5, 5.41) is 3.61. The second kappa shape index (κ2) is 14.6. The van der Waals surface area contributed by atoms with Gasteiger partial charge in [0.2, 0.25) is 11.8 Å². The number of methoxy groups -OCH3 is 1. The second-order valence-electron chi connectivity index (χ2n) is 9.60. The molecule has 0 saturated heterocycles. The molecule has 11 heteroatoms. The lowest BCUT2D eigenvalue weighted by Gasteiger charge is -2.32. The third kappa shape index (κ3) is 8.38. The molecule has 0 radical (unpaired) electrons. The van der Waals surface area contributed by atoms with Gasteiger partial charge in [0, 0.05) is 23.1 Å². The van der Waals surface area contributed by atoms with Crippen molar-refractivity contribution >= 4 is 50.7 Å². The molecule has 3 aromatic carbocycles. The van der Waals surface area contributed by atoms with Crippen LogP contribution in [0.3, 0.4) is 0 Å². The number of rotatable bonds is 13. The van der Waals surface area contributed by atoms with E-state index in [1.165, 1.54) is 24.1 Å². The number of aryl methyl sites for hydroxylation is 1. The SMILES string of the molecule is CCCCNC(=O)[C@@H](C)N(Cc1ccc(Cl)cc1Cl)C(=O)CN(c1ccc(C)cc1)S(=O)(=O)c1ccc(OC)cc1. The second-order valence-corrected chi connectivity index (χ2v) is 12.3. The van der Waals surface area contributed by atoms with Crippen molar-refractivity contribution < 1.29 is 22.7 Å². The molecule has 0 saturated carbocycles. The van der Waals surface area contributed by atoms with Gasteiger partial charge in [0.1, 0.15) is 18.3 Å². The van der Waals surface area contributed by atoms with Crippen LogP contribution in [0.4, 0.5) is 5.69 Å². The smallest absolute Gasteiger partial charge is 0.264 e. The lowest BCUT2D eigenvalue weighted by atomic mass is 10.1. The fourth-order valence-corrected chi connectivity index (χ4v) is 5.95. The average molecular weight is 621 g/mol. The van der Waals surface area contributed by atoms with Crippen LogP contribution < -0.4 is 14.4 Å². The molecule has 1 N–H and O–H groups in total. The molecule has 0 fully saturated rings. The highest BCUT2D eigenvalue weighted by atomic mass is 35.5. The number of halogens is 2. The van der Waals surface area contributed by atoms with Gasteiger partial charge in [0.25, 0.3) is 10.0 Å². The van der Waals surface area contributed by atoms with Gasteiger partial charge in [0.05, 0.1) is 17.7 Å². The van der Waals surface area contributed by atoms with E-state index < -0.39 is 28.5 Å². The van der Waals surface area contributed by atoms with Gasteiger partial charge >= 0.3 is 0 Å². The molecule has 0 aliphatic carbocycles. The largest absolute Gasteiger partial charge is 0.497 e. The zero-order valence-corrected chi connectivity index (χ0v) is 25.9. The molecule has 220 valence electrons. The Morgan fingerprint density at radius 2 is 1.66 bits per heavy atom. The van der Waals surface area contributed by atoms with E-state index in [2.05, 4.69) is 5.32 Å². The molecule has 3 aromatic rings. The summed E-state index contributed by atoms with van der Waals surface area (Å²) in [6, 6.07) is 16.7. The molecule has 0 spiro atoms. The normalized spacial score (nSPS) is 12.0. The maximum Gasteiger partial charge on any atom is 0.264 e. The number of nitrogens with one attached hydrogen (secondary N) is 1. The number of sulfonamides is 1. The maximum absolute atomic E-state index is 14.0. The maximum atomic E-state index is 14.0. The Hall–Kier alpha value is -3.27. The van der Waals surface area contributed by atoms with Crippen LogP contribution in [0.5, 0.6) is 5.75 Å². The van der Waals surface area contributed by atoms with Crippen molar-refractivity contribution in [1.82, 2.24) is 10.2 Å². The first kappa shape index (κ1) is 32.2. The van der Waals surface area contributed by atoms with E-state index >= 15 is 0 Å². The van der Waals surface area contributed by atoms with Gasteiger partial charge in [-0.2, -0.15) is 0 Å². The van der Waals surface area contributed by atoms with Crippen molar-refractivity contribution in [2.45, 2.75) is 51.1 Å². The number of unbranched alkanes of at least 4 members (excludes halogenated alkanes) is 1. The van der Waals surface area contributed by atoms with Crippen molar-refractivity contribution in [2.75, 3.05) is 24.5 Å².